The number of aryl methyl sites for hydroxylation is 1. The Bertz CT molecular complexity index is 437. The van der Waals surface area contributed by atoms with Crippen LogP contribution in [-0.4, -0.2) is 40.7 Å². The third-order valence-corrected chi connectivity index (χ3v) is 2.96. The van der Waals surface area contributed by atoms with E-state index < -0.39 is 0 Å². The zero-order chi connectivity index (χ0) is 12.8. The average Bonchev–Trinajstić information content (AvgIpc) is 2.89. The van der Waals surface area contributed by atoms with Gasteiger partial charge in [-0.15, -0.1) is 5.10 Å². The summed E-state index contributed by atoms with van der Waals surface area (Å²) in [6.45, 7) is 4.57. The van der Waals surface area contributed by atoms with Gasteiger partial charge in [-0.2, -0.15) is 0 Å². The normalized spacial score (nSPS) is 15.3. The first-order valence-corrected chi connectivity index (χ1v) is 6.37. The van der Waals surface area contributed by atoms with Crippen molar-refractivity contribution in [1.82, 2.24) is 25.8 Å². The molecule has 0 aliphatic carbocycles. The van der Waals surface area contributed by atoms with Crippen molar-refractivity contribution >= 4 is 5.91 Å². The van der Waals surface area contributed by atoms with E-state index in [4.69, 9.17) is 0 Å². The summed E-state index contributed by atoms with van der Waals surface area (Å²) < 4.78 is 0. The molecule has 0 atom stereocenters. The van der Waals surface area contributed by atoms with Crippen molar-refractivity contribution < 1.29 is 4.79 Å². The maximum absolute atomic E-state index is 11.7. The number of amides is 1. The minimum absolute atomic E-state index is 0.208. The molecule has 0 radical (unpaired) electrons. The summed E-state index contributed by atoms with van der Waals surface area (Å²) in [6.07, 6.45) is 4.91. The van der Waals surface area contributed by atoms with Crippen molar-refractivity contribution in [3.05, 3.63) is 23.3 Å². The summed E-state index contributed by atoms with van der Waals surface area (Å²) in [5.41, 5.74) is 1.40. The standard InChI is InChI=1S/C12H19N5O/c1-2-10-15-11(17-16-10)12(18)14-8-5-9-3-6-13-7-4-9/h3,13H,2,4-8H2,1H3,(H,14,18)(H,15,16,17). The Labute approximate surface area is 106 Å². The minimum atomic E-state index is -0.208. The summed E-state index contributed by atoms with van der Waals surface area (Å²) in [5.74, 6) is 0.757. The third kappa shape index (κ3) is 3.40. The molecular weight excluding hydrogens is 230 g/mol. The molecular formula is C12H19N5O. The molecule has 0 aromatic carbocycles. The van der Waals surface area contributed by atoms with Crippen LogP contribution in [0, 0.1) is 0 Å². The van der Waals surface area contributed by atoms with E-state index in [9.17, 15) is 4.79 Å². The summed E-state index contributed by atoms with van der Waals surface area (Å²) in [4.78, 5) is 15.8. The third-order valence-electron chi connectivity index (χ3n) is 2.96. The van der Waals surface area contributed by atoms with Crippen molar-refractivity contribution in [2.45, 2.75) is 26.2 Å². The molecule has 1 aliphatic heterocycles. The average molecular weight is 249 g/mol. The number of nitrogens with zero attached hydrogens (tertiary/aromatic N) is 2. The highest BCUT2D eigenvalue weighted by Gasteiger charge is 2.11. The smallest absolute Gasteiger partial charge is 0.290 e. The first-order chi connectivity index (χ1) is 8.79. The topological polar surface area (TPSA) is 82.7 Å². The Morgan fingerprint density at radius 2 is 2.44 bits per heavy atom. The number of carbonyl (C=O) groups excluding carboxylic acids is 1. The van der Waals surface area contributed by atoms with Gasteiger partial charge in [0.2, 0.25) is 5.82 Å². The molecule has 18 heavy (non-hydrogen) atoms. The Morgan fingerprint density at radius 3 is 3.11 bits per heavy atom. The predicted octanol–water partition coefficient (Wildman–Crippen LogP) is 0.407. The molecule has 2 heterocycles. The zero-order valence-corrected chi connectivity index (χ0v) is 10.6. The molecule has 0 saturated carbocycles. The molecule has 6 heteroatoms. The van der Waals surface area contributed by atoms with Crippen molar-refractivity contribution in [2.24, 2.45) is 0 Å². The van der Waals surface area contributed by atoms with E-state index in [1.165, 1.54) is 5.57 Å². The number of hydrogen-bond acceptors (Lipinski definition) is 4. The van der Waals surface area contributed by atoms with Gasteiger partial charge in [-0.05, 0) is 19.4 Å². The van der Waals surface area contributed by atoms with E-state index in [0.29, 0.717) is 6.54 Å². The molecule has 3 N–H and O–H groups in total. The van der Waals surface area contributed by atoms with Crippen LogP contribution in [0.25, 0.3) is 0 Å². The quantitative estimate of drug-likeness (QED) is 0.660. The van der Waals surface area contributed by atoms with Gasteiger partial charge < -0.3 is 10.6 Å². The van der Waals surface area contributed by atoms with Crippen molar-refractivity contribution in [3.63, 3.8) is 0 Å². The van der Waals surface area contributed by atoms with Gasteiger partial charge in [0.15, 0.2) is 0 Å². The molecule has 1 aliphatic rings. The van der Waals surface area contributed by atoms with Crippen LogP contribution < -0.4 is 10.6 Å². The molecule has 1 aromatic heterocycles. The molecule has 0 fully saturated rings. The van der Waals surface area contributed by atoms with Crippen LogP contribution >= 0.6 is 0 Å². The largest absolute Gasteiger partial charge is 0.349 e. The number of rotatable bonds is 5. The molecule has 6 nitrogen and oxygen atoms in total. The fourth-order valence-electron chi connectivity index (χ4n) is 1.87. The van der Waals surface area contributed by atoms with Crippen molar-refractivity contribution in [1.29, 1.82) is 0 Å². The highest BCUT2D eigenvalue weighted by atomic mass is 16.2. The predicted molar refractivity (Wildman–Crippen MR) is 68.3 cm³/mol. The van der Waals surface area contributed by atoms with Gasteiger partial charge in [0.05, 0.1) is 0 Å². The Morgan fingerprint density at radius 1 is 1.56 bits per heavy atom. The highest BCUT2D eigenvalue weighted by Crippen LogP contribution is 2.07. The lowest BCUT2D eigenvalue weighted by molar-refractivity contribution is 0.0944. The molecule has 0 bridgehead atoms. The van der Waals surface area contributed by atoms with Crippen molar-refractivity contribution in [2.75, 3.05) is 19.6 Å². The monoisotopic (exact) mass is 249 g/mol. The number of hydrogen-bond donors (Lipinski definition) is 3. The Kier molecular flexibility index (Phi) is 4.46. The lowest BCUT2D eigenvalue weighted by Gasteiger charge is -2.13. The molecule has 1 aromatic rings. The summed E-state index contributed by atoms with van der Waals surface area (Å²) in [7, 11) is 0. The van der Waals surface area contributed by atoms with E-state index in [1.807, 2.05) is 6.92 Å². The fourth-order valence-corrected chi connectivity index (χ4v) is 1.87. The lowest BCUT2D eigenvalue weighted by Crippen LogP contribution is -2.27. The highest BCUT2D eigenvalue weighted by molar-refractivity contribution is 5.90. The van der Waals surface area contributed by atoms with E-state index in [-0.39, 0.29) is 11.7 Å². The van der Waals surface area contributed by atoms with Gasteiger partial charge in [-0.3, -0.25) is 9.89 Å². The van der Waals surface area contributed by atoms with Gasteiger partial charge in [-0.25, -0.2) is 4.98 Å². The molecule has 98 valence electrons. The minimum Gasteiger partial charge on any atom is -0.349 e. The van der Waals surface area contributed by atoms with Crippen LogP contribution in [0.2, 0.25) is 0 Å². The molecule has 1 amide bonds. The molecule has 0 saturated heterocycles. The SMILES string of the molecule is CCc1nc(C(=O)NCCC2=CCNCC2)n[nH]1. The maximum Gasteiger partial charge on any atom is 0.290 e. The van der Waals surface area contributed by atoms with Crippen LogP contribution in [0.1, 0.15) is 36.2 Å². The van der Waals surface area contributed by atoms with Gasteiger partial charge in [0, 0.05) is 19.5 Å². The number of aromatic nitrogens is 3. The number of aromatic amines is 1. The Hall–Kier alpha value is -1.69. The van der Waals surface area contributed by atoms with Gasteiger partial charge in [0.25, 0.3) is 5.91 Å². The molecule has 0 unspecified atom stereocenters. The summed E-state index contributed by atoms with van der Waals surface area (Å²) in [6, 6.07) is 0. The number of H-pyrrole nitrogens is 1. The van der Waals surface area contributed by atoms with Crippen LogP contribution in [0.5, 0.6) is 0 Å². The first kappa shape index (κ1) is 12.8. The van der Waals surface area contributed by atoms with E-state index in [2.05, 4.69) is 31.9 Å². The number of nitrogens with one attached hydrogen (secondary N) is 3. The lowest BCUT2D eigenvalue weighted by atomic mass is 10.1. The molecule has 2 rings (SSSR count). The molecule has 0 spiro atoms. The van der Waals surface area contributed by atoms with Crippen LogP contribution in [0.15, 0.2) is 11.6 Å². The Balaban J connectivity index is 1.76. The number of carbonyl (C=O) groups is 1. The van der Waals surface area contributed by atoms with Crippen LogP contribution in [-0.2, 0) is 6.42 Å². The van der Waals surface area contributed by atoms with Crippen LogP contribution in [0.4, 0.5) is 0 Å². The second-order valence-electron chi connectivity index (χ2n) is 4.28. The second kappa shape index (κ2) is 6.30. The summed E-state index contributed by atoms with van der Waals surface area (Å²) in [5, 5.41) is 12.7. The van der Waals surface area contributed by atoms with E-state index in [1.54, 1.807) is 0 Å². The van der Waals surface area contributed by atoms with E-state index >= 15 is 0 Å². The van der Waals surface area contributed by atoms with Crippen LogP contribution in [0.3, 0.4) is 0 Å². The first-order valence-electron chi connectivity index (χ1n) is 6.37. The van der Waals surface area contributed by atoms with Gasteiger partial charge in [0.1, 0.15) is 5.82 Å². The maximum atomic E-state index is 11.7. The van der Waals surface area contributed by atoms with E-state index in [0.717, 1.165) is 38.2 Å². The van der Waals surface area contributed by atoms with Gasteiger partial charge >= 0.3 is 0 Å². The van der Waals surface area contributed by atoms with Gasteiger partial charge in [-0.1, -0.05) is 18.6 Å². The second-order valence-corrected chi connectivity index (χ2v) is 4.28. The fraction of sp³-hybridized carbons (Fsp3) is 0.583. The summed E-state index contributed by atoms with van der Waals surface area (Å²) >= 11 is 0. The van der Waals surface area contributed by atoms with Crippen molar-refractivity contribution in [3.8, 4) is 0 Å². The zero-order valence-electron chi connectivity index (χ0n) is 10.6.